The Morgan fingerprint density at radius 1 is 0.374 bits per heavy atom. The van der Waals surface area contributed by atoms with E-state index in [0.717, 1.165) is 94.8 Å². The summed E-state index contributed by atoms with van der Waals surface area (Å²) in [5.74, 6) is -11.1. The molecule has 4 rings (SSSR count). The predicted octanol–water partition coefficient (Wildman–Crippen LogP) is -2.68. The fourth-order valence-corrected chi connectivity index (χ4v) is 9.49. The van der Waals surface area contributed by atoms with Gasteiger partial charge < -0.3 is 140 Å². The van der Waals surface area contributed by atoms with E-state index in [1.165, 1.54) is 48.5 Å². The first-order chi connectivity index (χ1) is 56.3. The van der Waals surface area contributed by atoms with Crippen molar-refractivity contribution in [3.05, 3.63) is 25.3 Å². The summed E-state index contributed by atoms with van der Waals surface area (Å²) in [5.41, 5.74) is 0. The Bertz CT molecular complexity index is 3110. The second-order valence-electron chi connectivity index (χ2n) is 24.5. The van der Waals surface area contributed by atoms with Gasteiger partial charge in [0.15, 0.2) is 67.7 Å². The van der Waals surface area contributed by atoms with Crippen molar-refractivity contribution < 1.29 is 254 Å². The molecule has 4 aliphatic rings. The summed E-state index contributed by atoms with van der Waals surface area (Å²) < 4.78 is 138. The molecule has 4 fully saturated rings. The van der Waals surface area contributed by atoms with Crippen molar-refractivity contribution in [1.82, 2.24) is 0 Å². The van der Waals surface area contributed by atoms with Crippen molar-refractivity contribution in [2.75, 3.05) is 59.5 Å². The maximum atomic E-state index is 11.7. The topological polar surface area (TPSA) is 611 Å². The molecule has 4 heterocycles. The minimum Gasteiger partial charge on any atom is -0.550 e. The molecule has 8 unspecified atom stereocenters. The van der Waals surface area contributed by atoms with Gasteiger partial charge in [-0.05, 0) is 40.0 Å². The summed E-state index contributed by atoms with van der Waals surface area (Å²) in [7, 11) is -3.67. The van der Waals surface area contributed by atoms with Crippen LogP contribution in [0.2, 0.25) is 0 Å². The zero-order chi connectivity index (χ0) is 94.5. The van der Waals surface area contributed by atoms with Gasteiger partial charge in [-0.15, -0.1) is 13.2 Å². The van der Waals surface area contributed by atoms with Crippen LogP contribution in [0.4, 0.5) is 12.9 Å². The largest absolute Gasteiger partial charge is 1.00 e. The van der Waals surface area contributed by atoms with Crippen LogP contribution >= 0.6 is 0 Å². The minimum absolute atomic E-state index is 0. The zero-order valence-electron chi connectivity index (χ0n) is 71.9. The van der Waals surface area contributed by atoms with Gasteiger partial charge in [0, 0.05) is 136 Å². The molecule has 0 saturated carbocycles. The van der Waals surface area contributed by atoms with Gasteiger partial charge in [0.25, 0.3) is 0 Å². The number of halogens is 3. The van der Waals surface area contributed by atoms with Crippen molar-refractivity contribution in [2.45, 2.75) is 294 Å². The fourth-order valence-electron chi connectivity index (χ4n) is 9.49. The number of hydrogen-bond donors (Lipinski definition) is 6. The first-order valence-electron chi connectivity index (χ1n) is 36.8. The third-order valence-corrected chi connectivity index (χ3v) is 13.7. The van der Waals surface area contributed by atoms with Crippen molar-refractivity contribution in [3.63, 3.8) is 0 Å². The first-order valence-corrected chi connectivity index (χ1v) is 36.8. The predicted molar refractivity (Wildman–Crippen MR) is 403 cm³/mol. The van der Waals surface area contributed by atoms with Gasteiger partial charge in [0.1, 0.15) is 62.5 Å². The molecule has 123 heavy (non-hydrogen) atoms. The van der Waals surface area contributed by atoms with Crippen LogP contribution in [0.1, 0.15) is 171 Å². The van der Waals surface area contributed by atoms with E-state index in [2.05, 4.69) is 22.6 Å². The molecular formula is C74H121BF3NaO44. The Balaban J connectivity index is -0.000000270. The summed E-state index contributed by atoms with van der Waals surface area (Å²) in [6, 6.07) is 0. The maximum absolute atomic E-state index is 11.7. The molecule has 0 aliphatic carbocycles. The van der Waals surface area contributed by atoms with E-state index >= 15 is 0 Å². The molecule has 20 atom stereocenters. The van der Waals surface area contributed by atoms with E-state index < -0.39 is 239 Å². The van der Waals surface area contributed by atoms with Gasteiger partial charge in [-0.2, -0.15) is 0 Å². The third kappa shape index (κ3) is 64.9. The average molecular weight is 1810 g/mol. The number of aliphatic carboxylic acids is 1. The Morgan fingerprint density at radius 3 is 0.878 bits per heavy atom. The Morgan fingerprint density at radius 2 is 0.650 bits per heavy atom. The van der Waals surface area contributed by atoms with E-state index in [0.29, 0.717) is 19.4 Å². The van der Waals surface area contributed by atoms with E-state index in [4.69, 9.17) is 131 Å². The number of carbonyl (C=O) groups excluding carboxylic acids is 16. The van der Waals surface area contributed by atoms with Crippen molar-refractivity contribution in [3.8, 4) is 0 Å². The first kappa shape index (κ1) is 128. The standard InChI is InChI=1S/C19H30O10.C18H26O10.C16H22O11.C6H12O6.C4H6O3.C4H10O.C4H8O.C2H4O2.CH4.BF3.Na/c1-6-7-8-9-24-19-18(28-14(5)23)17(27-13(4)22)16(26-12(3)21)15(29-19)10-25-11(2)20;1-6-7-8-23-18-17(27-13(5)22)16(26-12(4)21)15(25-11(3)20)14(28-18)9-24-10(2)19;1-7(17)22-6-12-13(23-8(2)18)14(24-9(3)19)15(25-10(4)20)16(27-12)26-11(5)21;7-1-2-3(8)4(9)5(10)6(11)12-2;1-3(5)7-4(2)6;1-3-5-4-2;1-2-3-4-5;1-2(3)4;;2-1(3)4;/h15-19H,6-10H2,1-5H3;6,14-18H,1,7-9H2,2-5H3;12-16H,6H2,1-5H3;2-11H,1H2;1-2H3;3-4H2,1-2H3;2,5H,1,3-4H2;1H3,(H,3,4);1H4;;/q;;;;;;;;;;+1/p-1/t15?,16-,17+,18?,19-;14?,15-,16+,17?,18-;12?,13-,14+,15?,16+;2?,3-,4+,5?,6-;;;;;;;/m1111......./s1. The smallest absolute Gasteiger partial charge is 0.550 e. The SMILES string of the molecule is C.C=CCCO.C=CCCO[C@@H]1OC(COC(C)=O)[C@@H](OC(C)=O)[C@H](OC(C)=O)C1OC(C)=O.CC(=O)OC(C)=O.CC(=O)OCC1O[C@H](OC(C)=O)C(OC(C)=O)[C@@H](OC(C)=O)[C@@H]1OC(C)=O.CC(=O)[O-].CCCCCO[C@@H]1OC(COC(C)=O)[C@@H](OC(C)=O)[C@H](OC(C)=O)C1OC(C)=O.CCOCC.FB(F)F.OCC1O[C@@H](O)C(O)[C@@H](O)[C@@H]1O.[Na+]. The van der Waals surface area contributed by atoms with Crippen LogP contribution in [0.3, 0.4) is 0 Å². The number of carboxylic acids is 1. The number of carboxylic acid groups (broad SMARTS) is 1. The Kier molecular flexibility index (Phi) is 76.7. The molecule has 0 bridgehead atoms. The summed E-state index contributed by atoms with van der Waals surface area (Å²) in [5, 5.41) is 61.5. The number of hydrogen-bond acceptors (Lipinski definition) is 44. The second-order valence-corrected chi connectivity index (χ2v) is 24.5. The third-order valence-electron chi connectivity index (χ3n) is 13.7. The quantitative estimate of drug-likeness (QED) is 0.0107. The van der Waals surface area contributed by atoms with Crippen molar-refractivity contribution >= 4 is 103 Å². The molecule has 49 heteroatoms. The van der Waals surface area contributed by atoms with Gasteiger partial charge in [-0.3, -0.25) is 84.9 Å². The molecular weight excluding hydrogens is 1680 g/mol. The normalized spacial score (nSPS) is 24.5. The van der Waals surface area contributed by atoms with Crippen LogP contribution < -0.4 is 34.7 Å². The molecule has 0 aromatic heterocycles. The van der Waals surface area contributed by atoms with Gasteiger partial charge in [0.2, 0.25) is 12.4 Å². The Hall–Kier alpha value is -8.47. The summed E-state index contributed by atoms with van der Waals surface area (Å²) in [6.45, 7) is 32.2. The maximum Gasteiger partial charge on any atom is 1.00 e. The number of ether oxygens (including phenoxy) is 21. The van der Waals surface area contributed by atoms with Gasteiger partial charge >= 0.3 is 127 Å². The van der Waals surface area contributed by atoms with Crippen molar-refractivity contribution in [1.29, 1.82) is 0 Å². The van der Waals surface area contributed by atoms with E-state index in [-0.39, 0.29) is 63.4 Å². The minimum atomic E-state index is -3.67. The van der Waals surface area contributed by atoms with E-state index in [9.17, 15) is 84.9 Å². The molecule has 0 radical (unpaired) electrons. The Labute approximate surface area is 732 Å². The van der Waals surface area contributed by atoms with Crippen molar-refractivity contribution in [2.24, 2.45) is 0 Å². The van der Waals surface area contributed by atoms with Crippen LogP contribution in [0.25, 0.3) is 0 Å². The van der Waals surface area contributed by atoms with E-state index in [1.807, 2.05) is 20.8 Å². The number of aliphatic hydroxyl groups excluding tert-OH is 6. The molecule has 0 aromatic carbocycles. The number of carbonyl (C=O) groups is 16. The van der Waals surface area contributed by atoms with Crippen LogP contribution in [0.5, 0.6) is 0 Å². The number of aliphatic hydroxyl groups is 6. The van der Waals surface area contributed by atoms with Gasteiger partial charge in [0.05, 0.1) is 13.2 Å². The summed E-state index contributed by atoms with van der Waals surface area (Å²) in [4.78, 5) is 178. The molecule has 44 nitrogen and oxygen atoms in total. The molecule has 0 amide bonds. The van der Waals surface area contributed by atoms with Gasteiger partial charge in [-0.1, -0.05) is 39.3 Å². The average Bonchev–Trinajstić information content (AvgIpc) is 0.795. The summed E-state index contributed by atoms with van der Waals surface area (Å²) in [6.07, 6.45) is -18.1. The van der Waals surface area contributed by atoms with Crippen LogP contribution in [-0.4, -0.2) is 316 Å². The molecule has 0 aromatic rings. The molecule has 4 aliphatic heterocycles. The van der Waals surface area contributed by atoms with Crippen LogP contribution in [0, 0.1) is 0 Å². The molecule has 0 spiro atoms. The molecule has 706 valence electrons. The summed E-state index contributed by atoms with van der Waals surface area (Å²) >= 11 is 0. The molecule has 6 N–H and O–H groups in total. The zero-order valence-corrected chi connectivity index (χ0v) is 73.9. The molecule has 4 saturated heterocycles. The monoisotopic (exact) mass is 1800 g/mol. The number of rotatable bonds is 30. The van der Waals surface area contributed by atoms with E-state index in [1.54, 1.807) is 12.2 Å². The number of esters is 15. The van der Waals surface area contributed by atoms with Crippen LogP contribution in [0.15, 0.2) is 25.3 Å². The van der Waals surface area contributed by atoms with Gasteiger partial charge in [-0.25, -0.2) is 0 Å². The van der Waals surface area contributed by atoms with Crippen LogP contribution in [-0.2, 0) is 176 Å². The second kappa shape index (κ2) is 73.8. The number of unbranched alkanes of at least 4 members (excludes halogenated alkanes) is 2. The fraction of sp³-hybridized carbons (Fsp3) is 0.730.